The number of nitrogens with one attached hydrogen (secondary N) is 3. The molecule has 7 nitrogen and oxygen atoms in total. The van der Waals surface area contributed by atoms with Gasteiger partial charge in [0.15, 0.2) is 0 Å². The third-order valence-electron chi connectivity index (χ3n) is 4.60. The summed E-state index contributed by atoms with van der Waals surface area (Å²) in [4.78, 5) is 32.0. The number of aromatic nitrogens is 2. The van der Waals surface area contributed by atoms with Crippen molar-refractivity contribution in [2.24, 2.45) is 0 Å². The van der Waals surface area contributed by atoms with Gasteiger partial charge < -0.3 is 20.4 Å². The highest BCUT2D eigenvalue weighted by atomic mass is 35.5. The molecule has 4 aromatic rings. The van der Waals surface area contributed by atoms with Gasteiger partial charge in [-0.2, -0.15) is 0 Å². The van der Waals surface area contributed by atoms with Crippen LogP contribution in [0.2, 0.25) is 5.02 Å². The zero-order chi connectivity index (χ0) is 21.8. The van der Waals surface area contributed by atoms with Gasteiger partial charge in [0.25, 0.3) is 0 Å². The van der Waals surface area contributed by atoms with Crippen molar-refractivity contribution in [1.29, 1.82) is 0 Å². The first-order chi connectivity index (χ1) is 15.0. The number of hydrogen-bond acceptors (Lipinski definition) is 4. The predicted molar refractivity (Wildman–Crippen MR) is 122 cm³/mol. The molecule has 0 radical (unpaired) electrons. The van der Waals surface area contributed by atoms with E-state index in [4.69, 9.17) is 16.3 Å². The number of esters is 1. The smallest absolute Gasteiger partial charge is 0.338 e. The van der Waals surface area contributed by atoms with E-state index in [1.54, 1.807) is 55.7 Å². The molecule has 0 saturated carbocycles. The Morgan fingerprint density at radius 2 is 1.90 bits per heavy atom. The second-order valence-electron chi connectivity index (χ2n) is 6.68. The average molecular weight is 435 g/mol. The lowest BCUT2D eigenvalue weighted by atomic mass is 10.1. The summed E-state index contributed by atoms with van der Waals surface area (Å²) < 4.78 is 4.97. The molecule has 0 aliphatic heterocycles. The van der Waals surface area contributed by atoms with Crippen molar-refractivity contribution in [3.63, 3.8) is 0 Å². The third-order valence-corrected chi connectivity index (χ3v) is 4.84. The summed E-state index contributed by atoms with van der Waals surface area (Å²) in [5, 5.41) is 7.01. The van der Waals surface area contributed by atoms with Crippen molar-refractivity contribution < 1.29 is 14.3 Å². The highest BCUT2D eigenvalue weighted by molar-refractivity contribution is 6.31. The molecular weight excluding hydrogens is 416 g/mol. The average Bonchev–Trinajstić information content (AvgIpc) is 3.12. The van der Waals surface area contributed by atoms with E-state index in [-0.39, 0.29) is 0 Å². The zero-order valence-corrected chi connectivity index (χ0v) is 17.4. The number of hydrogen-bond donors (Lipinski definition) is 3. The molecule has 0 saturated heterocycles. The summed E-state index contributed by atoms with van der Waals surface area (Å²) in [6.45, 7) is 2.05. The number of pyridine rings is 1. The van der Waals surface area contributed by atoms with Crippen LogP contribution in [-0.2, 0) is 4.74 Å². The summed E-state index contributed by atoms with van der Waals surface area (Å²) in [6, 6.07) is 15.2. The molecule has 0 unspecified atom stereocenters. The third kappa shape index (κ3) is 4.51. The van der Waals surface area contributed by atoms with E-state index < -0.39 is 12.0 Å². The van der Waals surface area contributed by atoms with Gasteiger partial charge in [-0.3, -0.25) is 4.98 Å². The maximum atomic E-state index is 12.7. The van der Waals surface area contributed by atoms with Crippen LogP contribution in [0.5, 0.6) is 0 Å². The minimum absolute atomic E-state index is 0.301. The molecule has 2 aromatic heterocycles. The number of fused-ring (bicyclic) bond motifs is 1. The molecule has 3 N–H and O–H groups in total. The Morgan fingerprint density at radius 1 is 1.10 bits per heavy atom. The summed E-state index contributed by atoms with van der Waals surface area (Å²) in [6.07, 6.45) is 3.40. The standard InChI is InChI=1S/C23H19ClN4O3/c1-2-31-22(29)14-5-8-17(9-6-14)26-23(30)28-21-18-12-16(24)7-10-19(18)27-20(21)15-4-3-11-25-13-15/h3-13,27H,2H2,1H3,(H2,26,28,30). The topological polar surface area (TPSA) is 96.1 Å². The van der Waals surface area contributed by atoms with Crippen molar-refractivity contribution in [2.45, 2.75) is 6.92 Å². The van der Waals surface area contributed by atoms with Crippen LogP contribution in [0, 0.1) is 0 Å². The highest BCUT2D eigenvalue weighted by Crippen LogP contribution is 2.36. The van der Waals surface area contributed by atoms with Crippen molar-refractivity contribution in [1.82, 2.24) is 9.97 Å². The monoisotopic (exact) mass is 434 g/mol. The Bertz CT molecular complexity index is 1240. The molecule has 0 aliphatic rings. The van der Waals surface area contributed by atoms with E-state index >= 15 is 0 Å². The number of benzene rings is 2. The fourth-order valence-corrected chi connectivity index (χ4v) is 3.37. The molecule has 0 aliphatic carbocycles. The number of amides is 2. The van der Waals surface area contributed by atoms with Gasteiger partial charge >= 0.3 is 12.0 Å². The Balaban J connectivity index is 1.60. The molecule has 2 aromatic carbocycles. The van der Waals surface area contributed by atoms with Gasteiger partial charge in [-0.1, -0.05) is 11.6 Å². The number of halogens is 1. The number of rotatable bonds is 5. The van der Waals surface area contributed by atoms with Crippen LogP contribution >= 0.6 is 11.6 Å². The van der Waals surface area contributed by atoms with Gasteiger partial charge in [-0.15, -0.1) is 0 Å². The first-order valence-corrected chi connectivity index (χ1v) is 9.99. The molecular formula is C23H19ClN4O3. The maximum absolute atomic E-state index is 12.7. The van der Waals surface area contributed by atoms with E-state index in [0.717, 1.165) is 22.2 Å². The van der Waals surface area contributed by atoms with Crippen molar-refractivity contribution in [3.05, 3.63) is 77.6 Å². The van der Waals surface area contributed by atoms with Crippen LogP contribution in [0.4, 0.5) is 16.2 Å². The first kappa shape index (κ1) is 20.4. The molecule has 4 rings (SSSR count). The van der Waals surface area contributed by atoms with Gasteiger partial charge in [0.05, 0.1) is 23.6 Å². The zero-order valence-electron chi connectivity index (χ0n) is 16.6. The molecule has 2 heterocycles. The number of ether oxygens (including phenoxy) is 1. The number of H-pyrrole nitrogens is 1. The number of urea groups is 1. The molecule has 8 heteroatoms. The first-order valence-electron chi connectivity index (χ1n) is 9.62. The quantitative estimate of drug-likeness (QED) is 0.351. The molecule has 2 amide bonds. The van der Waals surface area contributed by atoms with Crippen LogP contribution in [0.15, 0.2) is 67.0 Å². The highest BCUT2D eigenvalue weighted by Gasteiger charge is 2.16. The van der Waals surface area contributed by atoms with Gasteiger partial charge in [-0.05, 0) is 61.5 Å². The van der Waals surface area contributed by atoms with Gasteiger partial charge in [-0.25, -0.2) is 9.59 Å². The molecule has 0 spiro atoms. The largest absolute Gasteiger partial charge is 0.462 e. The van der Waals surface area contributed by atoms with Crippen LogP contribution in [0.1, 0.15) is 17.3 Å². The van der Waals surface area contributed by atoms with E-state index in [2.05, 4.69) is 20.6 Å². The van der Waals surface area contributed by atoms with Crippen molar-refractivity contribution in [3.8, 4) is 11.3 Å². The van der Waals surface area contributed by atoms with E-state index in [1.165, 1.54) is 0 Å². The Hall–Kier alpha value is -3.84. The Kier molecular flexibility index (Phi) is 5.86. The number of nitrogens with zero attached hydrogens (tertiary/aromatic N) is 1. The fourth-order valence-electron chi connectivity index (χ4n) is 3.20. The normalized spacial score (nSPS) is 10.6. The summed E-state index contributed by atoms with van der Waals surface area (Å²) in [7, 11) is 0. The molecule has 31 heavy (non-hydrogen) atoms. The number of carbonyl (C=O) groups is 2. The van der Waals surface area contributed by atoms with E-state index in [9.17, 15) is 9.59 Å². The van der Waals surface area contributed by atoms with Crippen molar-refractivity contribution in [2.75, 3.05) is 17.2 Å². The lowest BCUT2D eigenvalue weighted by Crippen LogP contribution is -2.19. The second-order valence-corrected chi connectivity index (χ2v) is 7.12. The predicted octanol–water partition coefficient (Wildman–Crippen LogP) is 5.70. The van der Waals surface area contributed by atoms with Crippen LogP contribution in [0.3, 0.4) is 0 Å². The molecule has 0 bridgehead atoms. The number of carbonyl (C=O) groups excluding carboxylic acids is 2. The summed E-state index contributed by atoms with van der Waals surface area (Å²) >= 11 is 6.18. The van der Waals surface area contributed by atoms with Gasteiger partial charge in [0, 0.05) is 39.6 Å². The lowest BCUT2D eigenvalue weighted by Gasteiger charge is -2.10. The summed E-state index contributed by atoms with van der Waals surface area (Å²) in [5.74, 6) is -0.407. The second kappa shape index (κ2) is 8.89. The maximum Gasteiger partial charge on any atom is 0.338 e. The fraction of sp³-hybridized carbons (Fsp3) is 0.0870. The lowest BCUT2D eigenvalue weighted by molar-refractivity contribution is 0.0526. The van der Waals surface area contributed by atoms with Crippen molar-refractivity contribution >= 4 is 45.9 Å². The van der Waals surface area contributed by atoms with E-state index in [1.807, 2.05) is 18.2 Å². The Morgan fingerprint density at radius 3 is 2.61 bits per heavy atom. The molecule has 0 atom stereocenters. The minimum atomic E-state index is -0.435. The SMILES string of the molecule is CCOC(=O)c1ccc(NC(=O)Nc2c(-c3cccnc3)[nH]c3ccc(Cl)cc23)cc1. The number of anilines is 2. The molecule has 156 valence electrons. The van der Waals surface area contributed by atoms with Gasteiger partial charge in [0.1, 0.15) is 0 Å². The minimum Gasteiger partial charge on any atom is -0.462 e. The van der Waals surface area contributed by atoms with E-state index in [0.29, 0.717) is 28.6 Å². The number of aromatic amines is 1. The van der Waals surface area contributed by atoms with Crippen LogP contribution in [0.25, 0.3) is 22.2 Å². The van der Waals surface area contributed by atoms with Gasteiger partial charge in [0.2, 0.25) is 0 Å². The van der Waals surface area contributed by atoms with Crippen LogP contribution in [-0.4, -0.2) is 28.6 Å². The summed E-state index contributed by atoms with van der Waals surface area (Å²) in [5.41, 5.74) is 3.91. The Labute approximate surface area is 183 Å². The van der Waals surface area contributed by atoms with Crippen LogP contribution < -0.4 is 10.6 Å². The molecule has 0 fully saturated rings.